The van der Waals surface area contributed by atoms with Crippen molar-refractivity contribution in [1.82, 2.24) is 0 Å². The number of aliphatic carboxylic acids is 1. The molecule has 1 N–H and O–H groups in total. The van der Waals surface area contributed by atoms with Crippen molar-refractivity contribution in [2.75, 3.05) is 0 Å². The van der Waals surface area contributed by atoms with E-state index in [0.717, 1.165) is 22.3 Å². The van der Waals surface area contributed by atoms with Gasteiger partial charge in [0.25, 0.3) is 0 Å². The molecule has 0 amide bonds. The number of hydrogen-bond donors (Lipinski definition) is 1. The molecule has 2 heteroatoms. The Kier molecular flexibility index (Phi) is 3.58. The summed E-state index contributed by atoms with van der Waals surface area (Å²) in [6.45, 7) is 2.03. The van der Waals surface area contributed by atoms with E-state index in [0.29, 0.717) is 0 Å². The largest absolute Gasteiger partial charge is 0.478 e. The molecule has 0 spiro atoms. The predicted molar refractivity (Wildman–Crippen MR) is 73.3 cm³/mol. The van der Waals surface area contributed by atoms with Gasteiger partial charge < -0.3 is 5.11 Å². The van der Waals surface area contributed by atoms with Gasteiger partial charge in [-0.1, -0.05) is 48.5 Å². The van der Waals surface area contributed by atoms with Crippen LogP contribution < -0.4 is 0 Å². The molecule has 0 atom stereocenters. The van der Waals surface area contributed by atoms with E-state index in [-0.39, 0.29) is 0 Å². The smallest absolute Gasteiger partial charge is 0.328 e. The third kappa shape index (κ3) is 2.66. The second-order valence-corrected chi connectivity index (χ2v) is 4.08. The number of hydrogen-bond acceptors (Lipinski definition) is 1. The number of carboxylic acids is 1. The molecule has 90 valence electrons. The molecule has 0 aromatic heterocycles. The van der Waals surface area contributed by atoms with E-state index in [1.165, 1.54) is 6.08 Å². The summed E-state index contributed by atoms with van der Waals surface area (Å²) in [5.74, 6) is -0.935. The minimum atomic E-state index is -0.935. The maximum absolute atomic E-state index is 10.6. The minimum Gasteiger partial charge on any atom is -0.478 e. The molecule has 0 unspecified atom stereocenters. The average molecular weight is 238 g/mol. The summed E-state index contributed by atoms with van der Waals surface area (Å²) < 4.78 is 0. The Bertz CT molecular complexity index is 583. The Morgan fingerprint density at radius 2 is 1.78 bits per heavy atom. The van der Waals surface area contributed by atoms with Gasteiger partial charge in [0.1, 0.15) is 0 Å². The zero-order chi connectivity index (χ0) is 13.0. The van der Waals surface area contributed by atoms with Crippen LogP contribution in [0, 0.1) is 6.92 Å². The molecule has 0 radical (unpaired) electrons. The lowest BCUT2D eigenvalue weighted by Crippen LogP contribution is -1.90. The molecule has 0 saturated carbocycles. The lowest BCUT2D eigenvalue weighted by molar-refractivity contribution is -0.131. The van der Waals surface area contributed by atoms with Crippen LogP contribution in [-0.2, 0) is 4.79 Å². The van der Waals surface area contributed by atoms with Crippen molar-refractivity contribution < 1.29 is 9.90 Å². The molecule has 2 aromatic carbocycles. The highest BCUT2D eigenvalue weighted by Gasteiger charge is 2.05. The van der Waals surface area contributed by atoms with Crippen LogP contribution in [0.25, 0.3) is 17.2 Å². The monoisotopic (exact) mass is 238 g/mol. The van der Waals surface area contributed by atoms with Gasteiger partial charge in [-0.25, -0.2) is 4.79 Å². The molecular formula is C16H14O2. The molecule has 0 aliphatic heterocycles. The maximum Gasteiger partial charge on any atom is 0.328 e. The van der Waals surface area contributed by atoms with Crippen LogP contribution in [0.5, 0.6) is 0 Å². The highest BCUT2D eigenvalue weighted by atomic mass is 16.4. The number of carboxylic acid groups (broad SMARTS) is 1. The third-order valence-electron chi connectivity index (χ3n) is 2.77. The summed E-state index contributed by atoms with van der Waals surface area (Å²) >= 11 is 0. The topological polar surface area (TPSA) is 37.3 Å². The van der Waals surface area contributed by atoms with Crippen LogP contribution in [0.4, 0.5) is 0 Å². The first-order valence-electron chi connectivity index (χ1n) is 5.74. The summed E-state index contributed by atoms with van der Waals surface area (Å²) in [5, 5.41) is 8.72. The normalized spacial score (nSPS) is 10.7. The lowest BCUT2D eigenvalue weighted by Gasteiger charge is -2.10. The predicted octanol–water partition coefficient (Wildman–Crippen LogP) is 3.76. The first-order chi connectivity index (χ1) is 8.68. The molecule has 0 bridgehead atoms. The molecule has 0 fully saturated rings. The van der Waals surface area contributed by atoms with Crippen molar-refractivity contribution >= 4 is 12.0 Å². The molecule has 0 aliphatic carbocycles. The molecular weight excluding hydrogens is 224 g/mol. The molecule has 0 heterocycles. The van der Waals surface area contributed by atoms with Crippen molar-refractivity contribution in [3.05, 3.63) is 65.7 Å². The molecule has 0 aliphatic rings. The van der Waals surface area contributed by atoms with Crippen LogP contribution in [-0.4, -0.2) is 11.1 Å². The number of carbonyl (C=O) groups is 1. The second-order valence-electron chi connectivity index (χ2n) is 4.08. The van der Waals surface area contributed by atoms with E-state index in [4.69, 9.17) is 5.11 Å². The van der Waals surface area contributed by atoms with Crippen LogP contribution in [0.3, 0.4) is 0 Å². The minimum absolute atomic E-state index is 0.920. The van der Waals surface area contributed by atoms with E-state index in [1.54, 1.807) is 6.08 Å². The first-order valence-corrected chi connectivity index (χ1v) is 5.74. The van der Waals surface area contributed by atoms with Crippen molar-refractivity contribution in [1.29, 1.82) is 0 Å². The van der Waals surface area contributed by atoms with Crippen molar-refractivity contribution in [3.8, 4) is 11.1 Å². The molecule has 18 heavy (non-hydrogen) atoms. The summed E-state index contributed by atoms with van der Waals surface area (Å²) in [7, 11) is 0. The summed E-state index contributed by atoms with van der Waals surface area (Å²) in [6, 6.07) is 15.9. The standard InChI is InChI=1S/C16H14O2/c1-12-6-5-9-14(10-11-15(17)18)16(12)13-7-3-2-4-8-13/h2-11H,1H3,(H,17,18)/b11-10+. The van der Waals surface area contributed by atoms with Gasteiger partial charge in [0.05, 0.1) is 0 Å². The zero-order valence-electron chi connectivity index (χ0n) is 10.1. The SMILES string of the molecule is Cc1cccc(/C=C/C(=O)O)c1-c1ccccc1. The maximum atomic E-state index is 10.6. The lowest BCUT2D eigenvalue weighted by atomic mass is 9.95. The highest BCUT2D eigenvalue weighted by molar-refractivity contribution is 5.88. The van der Waals surface area contributed by atoms with Gasteiger partial charge in [-0.2, -0.15) is 0 Å². The summed E-state index contributed by atoms with van der Waals surface area (Å²) in [6.07, 6.45) is 2.80. The summed E-state index contributed by atoms with van der Waals surface area (Å²) in [5.41, 5.74) is 4.23. The van der Waals surface area contributed by atoms with Crippen LogP contribution in [0.2, 0.25) is 0 Å². The van der Waals surface area contributed by atoms with Gasteiger partial charge in [-0.15, -0.1) is 0 Å². The third-order valence-corrected chi connectivity index (χ3v) is 2.77. The van der Waals surface area contributed by atoms with E-state index in [2.05, 4.69) is 0 Å². The fourth-order valence-corrected chi connectivity index (χ4v) is 1.99. The van der Waals surface area contributed by atoms with E-state index in [1.807, 2.05) is 55.5 Å². The number of rotatable bonds is 3. The van der Waals surface area contributed by atoms with Crippen molar-refractivity contribution in [3.63, 3.8) is 0 Å². The Morgan fingerprint density at radius 1 is 1.06 bits per heavy atom. The van der Waals surface area contributed by atoms with Gasteiger partial charge in [0.15, 0.2) is 0 Å². The van der Waals surface area contributed by atoms with E-state index < -0.39 is 5.97 Å². The summed E-state index contributed by atoms with van der Waals surface area (Å²) in [4.78, 5) is 10.6. The Hall–Kier alpha value is -2.35. The van der Waals surface area contributed by atoms with Gasteiger partial charge in [-0.3, -0.25) is 0 Å². The average Bonchev–Trinajstić information content (AvgIpc) is 2.37. The van der Waals surface area contributed by atoms with E-state index in [9.17, 15) is 4.79 Å². The Morgan fingerprint density at radius 3 is 2.44 bits per heavy atom. The quantitative estimate of drug-likeness (QED) is 0.827. The molecule has 0 saturated heterocycles. The fourth-order valence-electron chi connectivity index (χ4n) is 1.99. The molecule has 2 nitrogen and oxygen atoms in total. The Labute approximate surface area is 106 Å². The van der Waals surface area contributed by atoms with Gasteiger partial charge in [0, 0.05) is 6.08 Å². The van der Waals surface area contributed by atoms with Gasteiger partial charge in [-0.05, 0) is 35.3 Å². The van der Waals surface area contributed by atoms with Crippen LogP contribution >= 0.6 is 0 Å². The van der Waals surface area contributed by atoms with Crippen LogP contribution in [0.1, 0.15) is 11.1 Å². The molecule has 2 aromatic rings. The van der Waals surface area contributed by atoms with Gasteiger partial charge in [0.2, 0.25) is 0 Å². The highest BCUT2D eigenvalue weighted by Crippen LogP contribution is 2.28. The van der Waals surface area contributed by atoms with Crippen molar-refractivity contribution in [2.24, 2.45) is 0 Å². The van der Waals surface area contributed by atoms with Crippen LogP contribution in [0.15, 0.2) is 54.6 Å². The number of benzene rings is 2. The van der Waals surface area contributed by atoms with Gasteiger partial charge >= 0.3 is 5.97 Å². The first kappa shape index (κ1) is 12.1. The number of aryl methyl sites for hydroxylation is 1. The fraction of sp³-hybridized carbons (Fsp3) is 0.0625. The Balaban J connectivity index is 2.55. The molecule has 2 rings (SSSR count). The second kappa shape index (κ2) is 5.32. The zero-order valence-corrected chi connectivity index (χ0v) is 10.1. The van der Waals surface area contributed by atoms with E-state index >= 15 is 0 Å². The van der Waals surface area contributed by atoms with Crippen molar-refractivity contribution in [2.45, 2.75) is 6.92 Å².